The van der Waals surface area contributed by atoms with E-state index < -0.39 is 11.9 Å². The minimum absolute atomic E-state index is 0.00581. The summed E-state index contributed by atoms with van der Waals surface area (Å²) in [5.41, 5.74) is 6.36. The van der Waals surface area contributed by atoms with Gasteiger partial charge in [-0.25, -0.2) is 0 Å². The van der Waals surface area contributed by atoms with Crippen LogP contribution in [0.25, 0.3) is 11.0 Å². The van der Waals surface area contributed by atoms with Gasteiger partial charge in [0.2, 0.25) is 0 Å². The highest BCUT2D eigenvalue weighted by atomic mass is 16.5. The van der Waals surface area contributed by atoms with Crippen LogP contribution in [0, 0.1) is 0 Å². The van der Waals surface area contributed by atoms with Gasteiger partial charge in [0.05, 0.1) is 0 Å². The highest BCUT2D eigenvalue weighted by Gasteiger charge is 2.24. The molecule has 5 heteroatoms. The average molecular weight is 206 g/mol. The first-order valence-electron chi connectivity index (χ1n) is 4.51. The van der Waals surface area contributed by atoms with Gasteiger partial charge in [0, 0.05) is 11.9 Å². The van der Waals surface area contributed by atoms with Crippen LogP contribution in [-0.4, -0.2) is 22.8 Å². The van der Waals surface area contributed by atoms with Crippen molar-refractivity contribution in [3.05, 3.63) is 30.0 Å². The Morgan fingerprint density at radius 3 is 2.93 bits per heavy atom. The molecule has 78 valence electrons. The quantitative estimate of drug-likeness (QED) is 0.780. The van der Waals surface area contributed by atoms with Gasteiger partial charge >= 0.3 is 5.97 Å². The number of carboxylic acids is 1. The molecule has 3 N–H and O–H groups in total. The summed E-state index contributed by atoms with van der Waals surface area (Å²) in [5, 5.41) is 13.4. The summed E-state index contributed by atoms with van der Waals surface area (Å²) in [7, 11) is 0. The molecule has 1 atom stereocenters. The average Bonchev–Trinajstić information content (AvgIpc) is 2.63. The SMILES string of the molecule is NCC(C(=O)O)c1noc2ccccc12. The maximum absolute atomic E-state index is 10.9. The van der Waals surface area contributed by atoms with Gasteiger partial charge in [-0.05, 0) is 12.1 Å². The maximum Gasteiger partial charge on any atom is 0.314 e. The van der Waals surface area contributed by atoms with Crippen molar-refractivity contribution in [2.75, 3.05) is 6.54 Å². The molecule has 0 saturated heterocycles. The number of para-hydroxylation sites is 1. The molecule has 0 amide bonds. The van der Waals surface area contributed by atoms with Crippen LogP contribution in [0.3, 0.4) is 0 Å². The smallest absolute Gasteiger partial charge is 0.314 e. The summed E-state index contributed by atoms with van der Waals surface area (Å²) < 4.78 is 5.01. The first kappa shape index (κ1) is 9.67. The van der Waals surface area contributed by atoms with E-state index >= 15 is 0 Å². The minimum Gasteiger partial charge on any atom is -0.481 e. The van der Waals surface area contributed by atoms with E-state index in [0.29, 0.717) is 16.7 Å². The standard InChI is InChI=1S/C10H10N2O3/c11-5-7(10(13)14)9-6-3-1-2-4-8(6)15-12-9/h1-4,7H,5,11H2,(H,13,14). The summed E-state index contributed by atoms with van der Waals surface area (Å²) in [6.07, 6.45) is 0. The van der Waals surface area contributed by atoms with Gasteiger partial charge < -0.3 is 15.4 Å². The Hall–Kier alpha value is -1.88. The topological polar surface area (TPSA) is 89.4 Å². The summed E-state index contributed by atoms with van der Waals surface area (Å²) in [6, 6.07) is 7.11. The van der Waals surface area contributed by atoms with E-state index in [4.69, 9.17) is 15.4 Å². The lowest BCUT2D eigenvalue weighted by Crippen LogP contribution is -2.21. The third-order valence-electron chi connectivity index (χ3n) is 2.27. The van der Waals surface area contributed by atoms with E-state index in [1.54, 1.807) is 24.3 Å². The first-order valence-corrected chi connectivity index (χ1v) is 4.51. The van der Waals surface area contributed by atoms with Crippen LogP contribution < -0.4 is 5.73 Å². The normalized spacial score (nSPS) is 12.9. The van der Waals surface area contributed by atoms with Crippen molar-refractivity contribution >= 4 is 16.9 Å². The molecule has 0 bridgehead atoms. The first-order chi connectivity index (χ1) is 7.24. The monoisotopic (exact) mass is 206 g/mol. The number of hydrogen-bond donors (Lipinski definition) is 2. The highest BCUT2D eigenvalue weighted by molar-refractivity contribution is 5.86. The molecule has 0 aliphatic carbocycles. The Bertz CT molecular complexity index is 492. The Morgan fingerprint density at radius 1 is 1.53 bits per heavy atom. The Morgan fingerprint density at radius 2 is 2.27 bits per heavy atom. The molecule has 1 heterocycles. The molecule has 0 saturated carbocycles. The van der Waals surface area contributed by atoms with Crippen LogP contribution in [0.15, 0.2) is 28.8 Å². The number of aliphatic carboxylic acids is 1. The molecule has 0 spiro atoms. The summed E-state index contributed by atoms with van der Waals surface area (Å²) in [5.74, 6) is -1.80. The van der Waals surface area contributed by atoms with Crippen molar-refractivity contribution < 1.29 is 14.4 Å². The number of rotatable bonds is 3. The number of hydrogen-bond acceptors (Lipinski definition) is 4. The van der Waals surface area contributed by atoms with Gasteiger partial charge in [-0.3, -0.25) is 4.79 Å². The number of carbonyl (C=O) groups is 1. The predicted octanol–water partition coefficient (Wildman–Crippen LogP) is 0.955. The highest BCUT2D eigenvalue weighted by Crippen LogP contribution is 2.24. The van der Waals surface area contributed by atoms with E-state index in [2.05, 4.69) is 5.16 Å². The van der Waals surface area contributed by atoms with Crippen molar-refractivity contribution in [3.8, 4) is 0 Å². The van der Waals surface area contributed by atoms with Crippen molar-refractivity contribution in [2.24, 2.45) is 5.73 Å². The Balaban J connectivity index is 2.55. The third-order valence-corrected chi connectivity index (χ3v) is 2.27. The van der Waals surface area contributed by atoms with E-state index in [1.807, 2.05) is 0 Å². The molecule has 0 radical (unpaired) electrons. The maximum atomic E-state index is 10.9. The summed E-state index contributed by atoms with van der Waals surface area (Å²) >= 11 is 0. The molecule has 0 aliphatic rings. The molecule has 0 fully saturated rings. The van der Waals surface area contributed by atoms with Crippen molar-refractivity contribution in [1.82, 2.24) is 5.16 Å². The molecule has 2 rings (SSSR count). The zero-order valence-electron chi connectivity index (χ0n) is 7.88. The number of fused-ring (bicyclic) bond motifs is 1. The largest absolute Gasteiger partial charge is 0.481 e. The molecule has 1 aromatic heterocycles. The Kier molecular flexibility index (Phi) is 2.39. The van der Waals surface area contributed by atoms with Gasteiger partial charge in [-0.2, -0.15) is 0 Å². The summed E-state index contributed by atoms with van der Waals surface area (Å²) in [4.78, 5) is 10.9. The molecular formula is C10H10N2O3. The fraction of sp³-hybridized carbons (Fsp3) is 0.200. The van der Waals surface area contributed by atoms with Crippen LogP contribution in [0.4, 0.5) is 0 Å². The molecule has 1 aromatic carbocycles. The van der Waals surface area contributed by atoms with Gasteiger partial charge in [0.15, 0.2) is 5.58 Å². The molecule has 1 unspecified atom stereocenters. The lowest BCUT2D eigenvalue weighted by molar-refractivity contribution is -0.138. The van der Waals surface area contributed by atoms with Crippen LogP contribution >= 0.6 is 0 Å². The van der Waals surface area contributed by atoms with Crippen molar-refractivity contribution in [2.45, 2.75) is 5.92 Å². The van der Waals surface area contributed by atoms with Gasteiger partial charge in [0.25, 0.3) is 0 Å². The van der Waals surface area contributed by atoms with E-state index in [0.717, 1.165) is 0 Å². The van der Waals surface area contributed by atoms with E-state index in [1.165, 1.54) is 0 Å². The second-order valence-electron chi connectivity index (χ2n) is 3.19. The van der Waals surface area contributed by atoms with Crippen LogP contribution in [-0.2, 0) is 4.79 Å². The van der Waals surface area contributed by atoms with Crippen molar-refractivity contribution in [1.29, 1.82) is 0 Å². The number of benzene rings is 1. The second kappa shape index (κ2) is 3.70. The molecule has 0 aliphatic heterocycles. The molecule has 5 nitrogen and oxygen atoms in total. The number of nitrogens with two attached hydrogens (primary N) is 1. The predicted molar refractivity (Wildman–Crippen MR) is 53.4 cm³/mol. The molecule has 2 aromatic rings. The minimum atomic E-state index is -0.989. The van der Waals surface area contributed by atoms with Crippen LogP contribution in [0.2, 0.25) is 0 Å². The second-order valence-corrected chi connectivity index (χ2v) is 3.19. The van der Waals surface area contributed by atoms with Gasteiger partial charge in [-0.15, -0.1) is 0 Å². The number of nitrogens with zero attached hydrogens (tertiary/aromatic N) is 1. The number of aromatic nitrogens is 1. The van der Waals surface area contributed by atoms with Crippen LogP contribution in [0.1, 0.15) is 11.6 Å². The molecule has 15 heavy (non-hydrogen) atoms. The zero-order chi connectivity index (χ0) is 10.8. The third kappa shape index (κ3) is 1.57. The zero-order valence-corrected chi connectivity index (χ0v) is 7.88. The van der Waals surface area contributed by atoms with Gasteiger partial charge in [-0.1, -0.05) is 17.3 Å². The fourth-order valence-electron chi connectivity index (χ4n) is 1.49. The fourth-order valence-corrected chi connectivity index (χ4v) is 1.49. The Labute approximate surface area is 85.5 Å². The lowest BCUT2D eigenvalue weighted by Gasteiger charge is -2.04. The number of carboxylic acid groups (broad SMARTS) is 1. The van der Waals surface area contributed by atoms with Crippen LogP contribution in [0.5, 0.6) is 0 Å². The lowest BCUT2D eigenvalue weighted by atomic mass is 10.0. The molecular weight excluding hydrogens is 196 g/mol. The van der Waals surface area contributed by atoms with E-state index in [-0.39, 0.29) is 6.54 Å². The van der Waals surface area contributed by atoms with Crippen molar-refractivity contribution in [3.63, 3.8) is 0 Å². The van der Waals surface area contributed by atoms with Gasteiger partial charge in [0.1, 0.15) is 11.6 Å². The van der Waals surface area contributed by atoms with E-state index in [9.17, 15) is 4.79 Å². The summed E-state index contributed by atoms with van der Waals surface area (Å²) in [6.45, 7) is 0.00581.